The number of rotatable bonds is 5. The van der Waals surface area contributed by atoms with Crippen LogP contribution in [0.15, 0.2) is 24.3 Å². The van der Waals surface area contributed by atoms with Gasteiger partial charge >= 0.3 is 0 Å². The largest absolute Gasteiger partial charge is 0.353 e. The minimum atomic E-state index is -0.194. The third kappa shape index (κ3) is 2.71. The number of halogens is 1. The number of benzene rings is 1. The maximum Gasteiger partial charge on any atom is 0.223 e. The minimum absolute atomic E-state index is 0.0394. The Morgan fingerprint density at radius 3 is 2.67 bits per heavy atom. The molecule has 1 aromatic carbocycles. The number of nitrogens with one attached hydrogen (secondary N) is 1. The average molecular weight is 249 g/mol. The molecule has 1 amide bonds. The highest BCUT2D eigenvalue weighted by Gasteiger charge is 2.45. The number of hydrogen-bond donors (Lipinski definition) is 1. The zero-order valence-corrected chi connectivity index (χ0v) is 10.9. The molecular weight excluding hydrogens is 229 g/mol. The van der Waals surface area contributed by atoms with Gasteiger partial charge in [-0.1, -0.05) is 32.0 Å². The first-order valence-electron chi connectivity index (χ1n) is 6.72. The fraction of sp³-hybridized carbons (Fsp3) is 0.533. The van der Waals surface area contributed by atoms with Gasteiger partial charge < -0.3 is 5.32 Å². The van der Waals surface area contributed by atoms with Crippen molar-refractivity contribution in [2.24, 2.45) is 5.92 Å². The molecule has 98 valence electrons. The van der Waals surface area contributed by atoms with E-state index in [-0.39, 0.29) is 29.6 Å². The van der Waals surface area contributed by atoms with Gasteiger partial charge in [0.2, 0.25) is 5.91 Å². The molecule has 0 radical (unpaired) electrons. The summed E-state index contributed by atoms with van der Waals surface area (Å²) in [5, 5.41) is 3.04. The summed E-state index contributed by atoms with van der Waals surface area (Å²) >= 11 is 0. The van der Waals surface area contributed by atoms with Crippen molar-refractivity contribution in [1.82, 2.24) is 5.32 Å². The van der Waals surface area contributed by atoms with E-state index in [1.165, 1.54) is 6.07 Å². The van der Waals surface area contributed by atoms with Crippen LogP contribution in [-0.2, 0) is 4.79 Å². The Hall–Kier alpha value is -1.38. The predicted molar refractivity (Wildman–Crippen MR) is 69.8 cm³/mol. The second-order valence-electron chi connectivity index (χ2n) is 4.99. The van der Waals surface area contributed by atoms with E-state index in [0.29, 0.717) is 5.56 Å². The van der Waals surface area contributed by atoms with Crippen molar-refractivity contribution in [3.05, 3.63) is 35.6 Å². The maximum absolute atomic E-state index is 13.6. The Kier molecular flexibility index (Phi) is 4.00. The van der Waals surface area contributed by atoms with Gasteiger partial charge in [-0.2, -0.15) is 0 Å². The Labute approximate surface area is 108 Å². The lowest BCUT2D eigenvalue weighted by Gasteiger charge is -2.14. The zero-order valence-electron chi connectivity index (χ0n) is 10.9. The lowest BCUT2D eigenvalue weighted by molar-refractivity contribution is -0.123. The molecule has 2 atom stereocenters. The molecule has 0 spiro atoms. The van der Waals surface area contributed by atoms with E-state index in [0.717, 1.165) is 19.3 Å². The van der Waals surface area contributed by atoms with E-state index in [4.69, 9.17) is 0 Å². The van der Waals surface area contributed by atoms with Crippen LogP contribution < -0.4 is 5.32 Å². The molecule has 18 heavy (non-hydrogen) atoms. The number of amides is 1. The van der Waals surface area contributed by atoms with Crippen LogP contribution >= 0.6 is 0 Å². The van der Waals surface area contributed by atoms with Crippen LogP contribution in [0.4, 0.5) is 4.39 Å². The fourth-order valence-electron chi connectivity index (χ4n) is 2.41. The first-order chi connectivity index (χ1) is 8.67. The monoisotopic (exact) mass is 249 g/mol. The van der Waals surface area contributed by atoms with Crippen molar-refractivity contribution in [2.45, 2.75) is 45.1 Å². The zero-order chi connectivity index (χ0) is 13.1. The Balaban J connectivity index is 1.95. The van der Waals surface area contributed by atoms with Crippen LogP contribution in [0.2, 0.25) is 0 Å². The second kappa shape index (κ2) is 5.51. The molecule has 0 aliphatic heterocycles. The fourth-order valence-corrected chi connectivity index (χ4v) is 2.41. The molecule has 2 unspecified atom stereocenters. The topological polar surface area (TPSA) is 29.1 Å². The Morgan fingerprint density at radius 2 is 2.06 bits per heavy atom. The highest BCUT2D eigenvalue weighted by atomic mass is 19.1. The van der Waals surface area contributed by atoms with E-state index in [1.54, 1.807) is 12.1 Å². The minimum Gasteiger partial charge on any atom is -0.353 e. The molecule has 1 N–H and O–H groups in total. The smallest absolute Gasteiger partial charge is 0.223 e. The molecule has 0 bridgehead atoms. The van der Waals surface area contributed by atoms with Crippen LogP contribution in [0.1, 0.15) is 44.6 Å². The van der Waals surface area contributed by atoms with Gasteiger partial charge in [-0.15, -0.1) is 0 Å². The summed E-state index contributed by atoms with van der Waals surface area (Å²) in [7, 11) is 0. The van der Waals surface area contributed by atoms with Gasteiger partial charge in [-0.25, -0.2) is 4.39 Å². The molecule has 3 heteroatoms. The Morgan fingerprint density at radius 1 is 1.39 bits per heavy atom. The van der Waals surface area contributed by atoms with Crippen LogP contribution in [0.5, 0.6) is 0 Å². The van der Waals surface area contributed by atoms with Crippen LogP contribution in [0.25, 0.3) is 0 Å². The van der Waals surface area contributed by atoms with Crippen LogP contribution in [0.3, 0.4) is 0 Å². The van der Waals surface area contributed by atoms with E-state index >= 15 is 0 Å². The predicted octanol–water partition coefficient (Wildman–Crippen LogP) is 3.23. The Bertz CT molecular complexity index is 428. The summed E-state index contributed by atoms with van der Waals surface area (Å²) in [6, 6.07) is 7.00. The molecule has 2 nitrogen and oxygen atoms in total. The normalized spacial score (nSPS) is 22.0. The van der Waals surface area contributed by atoms with Gasteiger partial charge in [0.1, 0.15) is 5.82 Å². The molecular formula is C15H20FNO. The lowest BCUT2D eigenvalue weighted by Crippen LogP contribution is -2.35. The summed E-state index contributed by atoms with van der Waals surface area (Å²) < 4.78 is 13.6. The van der Waals surface area contributed by atoms with E-state index in [1.807, 2.05) is 6.07 Å². The van der Waals surface area contributed by atoms with Gasteiger partial charge in [0, 0.05) is 12.0 Å². The molecule has 2 rings (SSSR count). The first-order valence-corrected chi connectivity index (χ1v) is 6.72. The second-order valence-corrected chi connectivity index (χ2v) is 4.99. The quantitative estimate of drug-likeness (QED) is 0.852. The molecule has 1 fully saturated rings. The highest BCUT2D eigenvalue weighted by molar-refractivity contribution is 5.83. The van der Waals surface area contributed by atoms with Crippen molar-refractivity contribution in [2.75, 3.05) is 0 Å². The highest BCUT2D eigenvalue weighted by Crippen LogP contribution is 2.48. The molecule has 1 aliphatic carbocycles. The van der Waals surface area contributed by atoms with Crippen molar-refractivity contribution in [3.63, 3.8) is 0 Å². The van der Waals surface area contributed by atoms with Crippen LogP contribution in [0, 0.1) is 11.7 Å². The van der Waals surface area contributed by atoms with Crippen molar-refractivity contribution in [1.29, 1.82) is 0 Å². The first kappa shape index (κ1) is 13.1. The van der Waals surface area contributed by atoms with Crippen molar-refractivity contribution >= 4 is 5.91 Å². The third-order valence-electron chi connectivity index (χ3n) is 3.76. The third-order valence-corrected chi connectivity index (χ3v) is 3.76. The van der Waals surface area contributed by atoms with Gasteiger partial charge in [-0.05, 0) is 36.8 Å². The van der Waals surface area contributed by atoms with Gasteiger partial charge in [-0.3, -0.25) is 4.79 Å². The SMILES string of the molecule is CCC(CC)NC(=O)C1CC1c1ccccc1F. The number of hydrogen-bond acceptors (Lipinski definition) is 1. The number of carbonyl (C=O) groups excluding carboxylic acids is 1. The lowest BCUT2D eigenvalue weighted by atomic mass is 10.1. The van der Waals surface area contributed by atoms with Gasteiger partial charge in [0.25, 0.3) is 0 Å². The molecule has 1 aromatic rings. The van der Waals surface area contributed by atoms with Crippen LogP contribution in [-0.4, -0.2) is 11.9 Å². The maximum atomic E-state index is 13.6. The van der Waals surface area contributed by atoms with E-state index in [9.17, 15) is 9.18 Å². The summed E-state index contributed by atoms with van der Waals surface area (Å²) in [5.41, 5.74) is 0.683. The summed E-state index contributed by atoms with van der Waals surface area (Å²) in [4.78, 5) is 12.0. The molecule has 0 aromatic heterocycles. The van der Waals surface area contributed by atoms with Gasteiger partial charge in [0.05, 0.1) is 0 Å². The standard InChI is InChI=1S/C15H20FNO/c1-3-10(4-2)17-15(18)13-9-12(13)11-7-5-6-8-14(11)16/h5-8,10,12-13H,3-4,9H2,1-2H3,(H,17,18). The van der Waals surface area contributed by atoms with E-state index in [2.05, 4.69) is 19.2 Å². The molecule has 1 saturated carbocycles. The van der Waals surface area contributed by atoms with E-state index < -0.39 is 0 Å². The van der Waals surface area contributed by atoms with Gasteiger partial charge in [0.15, 0.2) is 0 Å². The van der Waals surface area contributed by atoms with Crippen molar-refractivity contribution < 1.29 is 9.18 Å². The summed E-state index contributed by atoms with van der Waals surface area (Å²) in [6.07, 6.45) is 2.66. The summed E-state index contributed by atoms with van der Waals surface area (Å²) in [6.45, 7) is 4.13. The average Bonchev–Trinajstić information content (AvgIpc) is 3.16. The summed E-state index contributed by atoms with van der Waals surface area (Å²) in [5.74, 6) is -0.0830. The molecule has 0 heterocycles. The van der Waals surface area contributed by atoms with Crippen molar-refractivity contribution in [3.8, 4) is 0 Å². The number of carbonyl (C=O) groups is 1. The molecule has 0 saturated heterocycles. The molecule has 1 aliphatic rings.